The summed E-state index contributed by atoms with van der Waals surface area (Å²) in [5.41, 5.74) is 1.76. The van der Waals surface area contributed by atoms with Gasteiger partial charge in [0.2, 0.25) is 0 Å². The number of aliphatic hydroxyl groups is 1. The van der Waals surface area contributed by atoms with E-state index >= 15 is 0 Å². The van der Waals surface area contributed by atoms with Gasteiger partial charge in [0.25, 0.3) is 0 Å². The molecule has 4 aromatic rings. The van der Waals surface area contributed by atoms with Gasteiger partial charge in [-0.1, -0.05) is 23.4 Å². The number of nitrogens with one attached hydrogen (secondary N) is 1. The molecule has 234 valence electrons. The van der Waals surface area contributed by atoms with Crippen LogP contribution in [0.15, 0.2) is 51.2 Å². The molecule has 6 rings (SSSR count). The van der Waals surface area contributed by atoms with Gasteiger partial charge in [0.1, 0.15) is 22.0 Å². The predicted octanol–water partition coefficient (Wildman–Crippen LogP) is 5.89. The van der Waals surface area contributed by atoms with E-state index in [1.165, 1.54) is 11.8 Å². The molecule has 1 amide bonds. The highest BCUT2D eigenvalue weighted by Crippen LogP contribution is 2.44. The molecule has 11 nitrogen and oxygen atoms in total. The van der Waals surface area contributed by atoms with E-state index < -0.39 is 11.7 Å². The van der Waals surface area contributed by atoms with Crippen LogP contribution in [0.4, 0.5) is 10.6 Å². The van der Waals surface area contributed by atoms with Crippen LogP contribution < -0.4 is 10.2 Å². The minimum absolute atomic E-state index is 0.120. The number of carbonyl (C=O) groups excluding carboxylic acids is 1. The molecule has 0 aliphatic carbocycles. The van der Waals surface area contributed by atoms with Crippen LogP contribution in [-0.4, -0.2) is 68.0 Å². The Morgan fingerprint density at radius 3 is 2.70 bits per heavy atom. The maximum absolute atomic E-state index is 12.6. The molecule has 0 unspecified atom stereocenters. The Balaban J connectivity index is 1.18. The second kappa shape index (κ2) is 11.9. The highest BCUT2D eigenvalue weighted by molar-refractivity contribution is 7.99. The van der Waals surface area contributed by atoms with Crippen molar-refractivity contribution in [2.75, 3.05) is 24.6 Å². The normalized spacial score (nSPS) is 20.0. The molecule has 13 heteroatoms. The van der Waals surface area contributed by atoms with Crippen LogP contribution in [0, 0.1) is 12.3 Å². The Bertz CT molecular complexity index is 1660. The Morgan fingerprint density at radius 2 is 2.02 bits per heavy atom. The van der Waals surface area contributed by atoms with Gasteiger partial charge in [-0.05, 0) is 65.7 Å². The zero-order chi connectivity index (χ0) is 31.2. The van der Waals surface area contributed by atoms with Crippen LogP contribution in [0.25, 0.3) is 17.1 Å². The summed E-state index contributed by atoms with van der Waals surface area (Å²) < 4.78 is 18.9. The number of ether oxygens (including phenoxy) is 2. The number of furan rings is 1. The first-order valence-corrected chi connectivity index (χ1v) is 15.9. The average Bonchev–Trinajstić information content (AvgIpc) is 3.72. The number of aromatic nitrogens is 4. The SMILES string of the molecule is Cc1nc(N2CCC3(CC2)CO[C@@H](C)[C@H]3NC(=O)OC(C)(C)C)c(CO)nc1Sc1ccn2cc(-c3ccco3)nc2c1Cl. The minimum atomic E-state index is -0.577. The summed E-state index contributed by atoms with van der Waals surface area (Å²) in [6.45, 7) is 11.2. The van der Waals surface area contributed by atoms with Crippen molar-refractivity contribution < 1.29 is 23.8 Å². The molecular formula is C31H37ClN6O5S. The average molecular weight is 641 g/mol. The third-order valence-corrected chi connectivity index (χ3v) is 9.86. The van der Waals surface area contributed by atoms with Crippen molar-refractivity contribution >= 4 is 40.9 Å². The molecule has 0 radical (unpaired) electrons. The Morgan fingerprint density at radius 1 is 1.25 bits per heavy atom. The molecule has 1 spiro atoms. The number of hydrogen-bond donors (Lipinski definition) is 2. The number of aryl methyl sites for hydroxylation is 1. The Labute approximate surface area is 265 Å². The zero-order valence-corrected chi connectivity index (χ0v) is 27.0. The summed E-state index contributed by atoms with van der Waals surface area (Å²) >= 11 is 8.20. The molecule has 44 heavy (non-hydrogen) atoms. The smallest absolute Gasteiger partial charge is 0.407 e. The highest BCUT2D eigenvalue weighted by atomic mass is 35.5. The van der Waals surface area contributed by atoms with Crippen molar-refractivity contribution in [1.82, 2.24) is 24.7 Å². The van der Waals surface area contributed by atoms with Gasteiger partial charge in [0.15, 0.2) is 17.2 Å². The molecule has 0 aromatic carbocycles. The molecular weight excluding hydrogens is 604 g/mol. The lowest BCUT2D eigenvalue weighted by atomic mass is 9.73. The topological polar surface area (TPSA) is 127 Å². The van der Waals surface area contributed by atoms with Crippen molar-refractivity contribution in [3.8, 4) is 11.5 Å². The largest absolute Gasteiger partial charge is 0.463 e. The van der Waals surface area contributed by atoms with Crippen LogP contribution in [0.2, 0.25) is 5.02 Å². The number of rotatable bonds is 6. The quantitative estimate of drug-likeness (QED) is 0.263. The third-order valence-electron chi connectivity index (χ3n) is 8.23. The van der Waals surface area contributed by atoms with Crippen LogP contribution in [0.1, 0.15) is 51.9 Å². The van der Waals surface area contributed by atoms with Crippen molar-refractivity contribution in [2.24, 2.45) is 5.41 Å². The van der Waals surface area contributed by atoms with E-state index in [-0.39, 0.29) is 24.2 Å². The number of nitrogens with zero attached hydrogens (tertiary/aromatic N) is 5. The van der Waals surface area contributed by atoms with E-state index in [1.54, 1.807) is 6.26 Å². The van der Waals surface area contributed by atoms with E-state index in [0.717, 1.165) is 23.4 Å². The van der Waals surface area contributed by atoms with Crippen LogP contribution in [-0.2, 0) is 16.1 Å². The van der Waals surface area contributed by atoms with E-state index in [2.05, 4.69) is 15.2 Å². The van der Waals surface area contributed by atoms with Crippen molar-refractivity contribution in [2.45, 2.75) is 81.7 Å². The van der Waals surface area contributed by atoms with Crippen molar-refractivity contribution in [3.63, 3.8) is 0 Å². The maximum Gasteiger partial charge on any atom is 0.407 e. The minimum Gasteiger partial charge on any atom is -0.463 e. The van der Waals surface area contributed by atoms with Gasteiger partial charge in [-0.2, -0.15) is 0 Å². The standard InChI is InChI=1S/C31H37ClN6O5S/c1-18-28(44-23-8-11-38-15-20(22-7-6-14-41-22)34-27(38)24(23)32)35-21(16-39)26(33-18)37-12-9-31(10-13-37)17-42-19(2)25(31)36-29(40)43-30(3,4)5/h6-8,11,14-15,19,25,39H,9-10,12-13,16-17H2,1-5H3,(H,36,40)/t19-,25+/m0/s1. The van der Waals surface area contributed by atoms with Gasteiger partial charge in [-0.15, -0.1) is 0 Å². The summed E-state index contributed by atoms with van der Waals surface area (Å²) in [6, 6.07) is 5.43. The number of carbonyl (C=O) groups is 1. The van der Waals surface area contributed by atoms with E-state index in [9.17, 15) is 9.90 Å². The van der Waals surface area contributed by atoms with Gasteiger partial charge >= 0.3 is 6.09 Å². The second-order valence-corrected chi connectivity index (χ2v) is 13.9. The lowest BCUT2D eigenvalue weighted by Crippen LogP contribution is -2.55. The molecule has 2 atom stereocenters. The molecule has 2 N–H and O–H groups in total. The number of piperidine rings is 1. The van der Waals surface area contributed by atoms with Crippen molar-refractivity contribution in [1.29, 1.82) is 0 Å². The summed E-state index contributed by atoms with van der Waals surface area (Å²) in [5, 5.41) is 14.6. The molecule has 2 aliphatic heterocycles. The molecule has 2 fully saturated rings. The first-order chi connectivity index (χ1) is 21.0. The third kappa shape index (κ3) is 6.00. The van der Waals surface area contributed by atoms with Crippen LogP contribution in [0.3, 0.4) is 0 Å². The molecule has 0 bridgehead atoms. The lowest BCUT2D eigenvalue weighted by molar-refractivity contribution is 0.0434. The van der Waals surface area contributed by atoms with E-state index in [0.29, 0.717) is 58.4 Å². The first-order valence-electron chi connectivity index (χ1n) is 14.7. The number of amides is 1. The predicted molar refractivity (Wildman–Crippen MR) is 167 cm³/mol. The van der Waals surface area contributed by atoms with E-state index in [4.69, 9.17) is 35.5 Å². The Kier molecular flexibility index (Phi) is 8.29. The van der Waals surface area contributed by atoms with Gasteiger partial charge in [-0.25, -0.2) is 19.7 Å². The van der Waals surface area contributed by atoms with Gasteiger partial charge < -0.3 is 33.6 Å². The molecule has 6 heterocycles. The summed E-state index contributed by atoms with van der Waals surface area (Å²) in [7, 11) is 0. The number of hydrogen-bond acceptors (Lipinski definition) is 10. The summed E-state index contributed by atoms with van der Waals surface area (Å²) in [4.78, 5) is 30.0. The van der Waals surface area contributed by atoms with Crippen LogP contribution >= 0.6 is 23.4 Å². The summed E-state index contributed by atoms with van der Waals surface area (Å²) in [5.74, 6) is 1.34. The van der Waals surface area contributed by atoms with Gasteiger partial charge in [0.05, 0.1) is 42.3 Å². The number of fused-ring (bicyclic) bond motifs is 1. The van der Waals surface area contributed by atoms with Gasteiger partial charge in [-0.3, -0.25) is 0 Å². The van der Waals surface area contributed by atoms with Crippen molar-refractivity contribution in [3.05, 3.63) is 53.3 Å². The molecule has 2 saturated heterocycles. The van der Waals surface area contributed by atoms with Gasteiger partial charge in [0, 0.05) is 35.8 Å². The fraction of sp³-hybridized carbons (Fsp3) is 0.484. The van der Waals surface area contributed by atoms with Crippen LogP contribution in [0.5, 0.6) is 0 Å². The fourth-order valence-corrected chi connectivity index (χ4v) is 7.20. The molecule has 2 aliphatic rings. The lowest BCUT2D eigenvalue weighted by Gasteiger charge is -2.43. The first kappa shape index (κ1) is 30.7. The number of pyridine rings is 1. The molecule has 4 aromatic heterocycles. The maximum atomic E-state index is 12.6. The second-order valence-electron chi connectivity index (χ2n) is 12.5. The number of aliphatic hydroxyl groups excluding tert-OH is 1. The zero-order valence-electron chi connectivity index (χ0n) is 25.5. The number of anilines is 1. The monoisotopic (exact) mass is 640 g/mol. The summed E-state index contributed by atoms with van der Waals surface area (Å²) in [6.07, 6.45) is 6.41. The number of halogens is 1. The number of alkyl carbamates (subject to hydrolysis) is 1. The highest BCUT2D eigenvalue weighted by Gasteiger charge is 2.50. The van der Waals surface area contributed by atoms with E-state index in [1.807, 2.05) is 69.6 Å². The fourth-order valence-electron chi connectivity index (χ4n) is 6.01. The number of imidazole rings is 1. The molecule has 0 saturated carbocycles. The Hall–Kier alpha value is -3.32.